The minimum Gasteiger partial charge on any atom is -0.455 e. The van der Waals surface area contributed by atoms with E-state index >= 15 is 0 Å². The van der Waals surface area contributed by atoms with Gasteiger partial charge in [0.15, 0.2) is 0 Å². The number of furan rings is 1. The molecule has 4 rings (SSSR count). The molecule has 0 spiro atoms. The smallest absolute Gasteiger partial charge is 0.387 e. The van der Waals surface area contributed by atoms with Crippen LogP contribution in [0.4, 0.5) is 18.9 Å². The van der Waals surface area contributed by atoms with Gasteiger partial charge in [0.05, 0.1) is 24.5 Å². The molecule has 30 heavy (non-hydrogen) atoms. The van der Waals surface area contributed by atoms with Crippen LogP contribution in [-0.2, 0) is 4.74 Å². The van der Waals surface area contributed by atoms with Crippen LogP contribution in [0.15, 0.2) is 40.8 Å². The fourth-order valence-corrected chi connectivity index (χ4v) is 3.51. The Bertz CT molecular complexity index is 1060. The number of anilines is 1. The third-order valence-electron chi connectivity index (χ3n) is 4.90. The Labute approximate surface area is 170 Å². The maximum Gasteiger partial charge on any atom is 0.387 e. The highest BCUT2D eigenvalue weighted by Crippen LogP contribution is 2.41. The van der Waals surface area contributed by atoms with Crippen molar-refractivity contribution in [2.24, 2.45) is 0 Å². The predicted octanol–water partition coefficient (Wildman–Crippen LogP) is 4.04. The van der Waals surface area contributed by atoms with Gasteiger partial charge >= 0.3 is 6.61 Å². The van der Waals surface area contributed by atoms with Gasteiger partial charge in [-0.2, -0.15) is 8.78 Å². The van der Waals surface area contributed by atoms with Gasteiger partial charge in [0, 0.05) is 37.2 Å². The second-order valence-corrected chi connectivity index (χ2v) is 6.69. The lowest BCUT2D eigenvalue weighted by atomic mass is 10.0. The van der Waals surface area contributed by atoms with Crippen molar-refractivity contribution in [3.05, 3.63) is 47.8 Å². The molecule has 0 unspecified atom stereocenters. The molecule has 2 heterocycles. The number of nitrogens with zero attached hydrogens (tertiary/aromatic N) is 1. The molecule has 9 heteroatoms. The topological polar surface area (TPSA) is 63.9 Å². The second-order valence-electron chi connectivity index (χ2n) is 6.69. The van der Waals surface area contributed by atoms with Gasteiger partial charge in [-0.15, -0.1) is 0 Å². The number of amides is 1. The normalized spacial score (nSPS) is 14.4. The number of rotatable bonds is 5. The van der Waals surface area contributed by atoms with Crippen LogP contribution < -0.4 is 15.0 Å². The first-order valence-electron chi connectivity index (χ1n) is 9.34. The van der Waals surface area contributed by atoms with Crippen molar-refractivity contribution in [1.29, 1.82) is 0 Å². The van der Waals surface area contributed by atoms with Gasteiger partial charge in [0.25, 0.3) is 5.91 Å². The van der Waals surface area contributed by atoms with E-state index in [9.17, 15) is 18.0 Å². The molecule has 1 amide bonds. The molecule has 1 aliphatic rings. The molecule has 1 aliphatic heterocycles. The Morgan fingerprint density at radius 2 is 1.87 bits per heavy atom. The van der Waals surface area contributed by atoms with Crippen LogP contribution in [0.25, 0.3) is 22.3 Å². The van der Waals surface area contributed by atoms with E-state index in [0.29, 0.717) is 48.5 Å². The molecule has 3 aromatic rings. The number of alkyl halides is 2. The molecule has 1 N–H and O–H groups in total. The SMILES string of the molecule is CNC(=O)c1c(-c2ccc(F)cc2)oc2cc(N3CCOCC3)c(OC(F)F)cc12. The first-order chi connectivity index (χ1) is 14.5. The fourth-order valence-electron chi connectivity index (χ4n) is 3.51. The molecule has 0 bridgehead atoms. The summed E-state index contributed by atoms with van der Waals surface area (Å²) in [5.41, 5.74) is 1.40. The van der Waals surface area contributed by atoms with Crippen molar-refractivity contribution in [2.75, 3.05) is 38.3 Å². The molecule has 0 saturated carbocycles. The summed E-state index contributed by atoms with van der Waals surface area (Å²) < 4.78 is 55.6. The van der Waals surface area contributed by atoms with Crippen LogP contribution in [-0.4, -0.2) is 45.9 Å². The summed E-state index contributed by atoms with van der Waals surface area (Å²) in [6.07, 6.45) is 0. The standard InChI is InChI=1S/C21H19F3N2O4/c1-25-20(27)18-14-10-17(30-21(23)24)15(26-6-8-28-9-7-26)11-16(14)29-19(18)12-2-4-13(22)5-3-12/h2-5,10-11,21H,6-9H2,1H3,(H,25,27). The number of nitrogens with one attached hydrogen (secondary N) is 1. The molecule has 1 fully saturated rings. The van der Waals surface area contributed by atoms with Crippen molar-refractivity contribution in [3.8, 4) is 17.1 Å². The lowest BCUT2D eigenvalue weighted by Crippen LogP contribution is -2.36. The zero-order valence-electron chi connectivity index (χ0n) is 16.1. The monoisotopic (exact) mass is 420 g/mol. The van der Waals surface area contributed by atoms with Gasteiger partial charge in [-0.05, 0) is 30.3 Å². The third kappa shape index (κ3) is 3.80. The second kappa shape index (κ2) is 8.27. The number of halogens is 3. The largest absolute Gasteiger partial charge is 0.455 e. The maximum absolute atomic E-state index is 13.4. The Morgan fingerprint density at radius 1 is 1.17 bits per heavy atom. The Morgan fingerprint density at radius 3 is 2.50 bits per heavy atom. The van der Waals surface area contributed by atoms with Crippen LogP contribution in [0.2, 0.25) is 0 Å². The average molecular weight is 420 g/mol. The van der Waals surface area contributed by atoms with Gasteiger partial charge in [-0.25, -0.2) is 4.39 Å². The average Bonchev–Trinajstić information content (AvgIpc) is 3.11. The molecule has 158 valence electrons. The minimum absolute atomic E-state index is 0.0593. The first kappa shape index (κ1) is 20.1. The van der Waals surface area contributed by atoms with E-state index in [1.165, 1.54) is 37.4 Å². The number of ether oxygens (including phenoxy) is 2. The zero-order chi connectivity index (χ0) is 21.3. The number of fused-ring (bicyclic) bond motifs is 1. The van der Waals surface area contributed by atoms with Crippen molar-refractivity contribution in [1.82, 2.24) is 5.32 Å². The predicted molar refractivity (Wildman–Crippen MR) is 105 cm³/mol. The summed E-state index contributed by atoms with van der Waals surface area (Å²) in [6, 6.07) is 8.43. The van der Waals surface area contributed by atoms with E-state index in [-0.39, 0.29) is 17.1 Å². The minimum atomic E-state index is -3.03. The zero-order valence-corrected chi connectivity index (χ0v) is 16.1. The lowest BCUT2D eigenvalue weighted by molar-refractivity contribution is -0.0495. The van der Waals surface area contributed by atoms with Gasteiger partial charge in [-0.3, -0.25) is 4.79 Å². The van der Waals surface area contributed by atoms with Crippen LogP contribution in [0.5, 0.6) is 5.75 Å². The van der Waals surface area contributed by atoms with Gasteiger partial charge in [-0.1, -0.05) is 0 Å². The molecule has 0 atom stereocenters. The number of benzene rings is 2. The summed E-state index contributed by atoms with van der Waals surface area (Å²) >= 11 is 0. The maximum atomic E-state index is 13.4. The van der Waals surface area contributed by atoms with E-state index in [4.69, 9.17) is 13.9 Å². The Hall–Kier alpha value is -3.20. The summed E-state index contributed by atoms with van der Waals surface area (Å²) in [5, 5.41) is 2.85. The number of hydrogen-bond acceptors (Lipinski definition) is 5. The first-order valence-corrected chi connectivity index (χ1v) is 9.34. The molecule has 1 aromatic heterocycles. The Balaban J connectivity index is 1.93. The lowest BCUT2D eigenvalue weighted by Gasteiger charge is -2.30. The molecule has 1 saturated heterocycles. The molecule has 6 nitrogen and oxygen atoms in total. The fraction of sp³-hybridized carbons (Fsp3) is 0.286. The van der Waals surface area contributed by atoms with Crippen LogP contribution in [0.1, 0.15) is 10.4 Å². The van der Waals surface area contributed by atoms with E-state index in [0.717, 1.165) is 0 Å². The van der Waals surface area contributed by atoms with Crippen LogP contribution in [0.3, 0.4) is 0 Å². The quantitative estimate of drug-likeness (QED) is 0.675. The molecule has 0 radical (unpaired) electrons. The highest BCUT2D eigenvalue weighted by atomic mass is 19.3. The van der Waals surface area contributed by atoms with Crippen LogP contribution >= 0.6 is 0 Å². The van der Waals surface area contributed by atoms with Crippen molar-refractivity contribution >= 4 is 22.6 Å². The van der Waals surface area contributed by atoms with Gasteiger partial charge < -0.3 is 24.1 Å². The van der Waals surface area contributed by atoms with Gasteiger partial charge in [0.2, 0.25) is 0 Å². The van der Waals surface area contributed by atoms with E-state index in [1.807, 2.05) is 4.90 Å². The number of carbonyl (C=O) groups is 1. The summed E-state index contributed by atoms with van der Waals surface area (Å²) in [4.78, 5) is 14.5. The summed E-state index contributed by atoms with van der Waals surface area (Å²) in [7, 11) is 1.45. The van der Waals surface area contributed by atoms with E-state index < -0.39 is 18.3 Å². The molecule has 0 aliphatic carbocycles. The molecular weight excluding hydrogens is 401 g/mol. The van der Waals surface area contributed by atoms with Crippen molar-refractivity contribution < 1.29 is 31.9 Å². The number of carbonyl (C=O) groups excluding carboxylic acids is 1. The van der Waals surface area contributed by atoms with Crippen molar-refractivity contribution in [3.63, 3.8) is 0 Å². The van der Waals surface area contributed by atoms with Crippen LogP contribution in [0, 0.1) is 5.82 Å². The van der Waals surface area contributed by atoms with E-state index in [2.05, 4.69) is 5.32 Å². The molecular formula is C21H19F3N2O4. The summed E-state index contributed by atoms with van der Waals surface area (Å²) in [5.74, 6) is -0.740. The molecule has 2 aromatic carbocycles. The number of hydrogen-bond donors (Lipinski definition) is 1. The number of morpholine rings is 1. The highest BCUT2D eigenvalue weighted by Gasteiger charge is 2.26. The Kier molecular flexibility index (Phi) is 5.54. The highest BCUT2D eigenvalue weighted by molar-refractivity contribution is 6.12. The van der Waals surface area contributed by atoms with Crippen molar-refractivity contribution in [2.45, 2.75) is 6.61 Å². The summed E-state index contributed by atoms with van der Waals surface area (Å²) in [6.45, 7) is -1.13. The van der Waals surface area contributed by atoms with Gasteiger partial charge in [0.1, 0.15) is 22.9 Å². The van der Waals surface area contributed by atoms with E-state index in [1.54, 1.807) is 6.07 Å². The third-order valence-corrected chi connectivity index (χ3v) is 4.90.